The Bertz CT molecular complexity index is 1380. The lowest BCUT2D eigenvalue weighted by Gasteiger charge is -2.65. The standard InChI is InChI=1S/C34H44O9/c1-9-17(2)31(37)43-26-13-25(41-20(5)36)32(6)16-40-28-29(32)33(26,7)24(15-39-19(4)35)34(8)27-18(3)22(21-10-11-38-14-21)12-23(27)42-30(28)34/h9-11,14,22-26,28-30H,12-13,15-16H2,1-8H3. The Morgan fingerprint density at radius 2 is 1.79 bits per heavy atom. The fourth-order valence-electron chi connectivity index (χ4n) is 9.89. The summed E-state index contributed by atoms with van der Waals surface area (Å²) < 4.78 is 37.4. The summed E-state index contributed by atoms with van der Waals surface area (Å²) in [5.74, 6) is -1.50. The Morgan fingerprint density at radius 1 is 1.05 bits per heavy atom. The van der Waals surface area contributed by atoms with E-state index in [1.54, 1.807) is 32.4 Å². The minimum absolute atomic E-state index is 0.135. The molecule has 11 unspecified atom stereocenters. The van der Waals surface area contributed by atoms with E-state index in [9.17, 15) is 14.4 Å². The smallest absolute Gasteiger partial charge is 0.333 e. The zero-order valence-corrected chi connectivity index (χ0v) is 26.4. The number of ether oxygens (including phenoxy) is 5. The molecule has 0 N–H and O–H groups in total. The first kappa shape index (κ1) is 30.1. The van der Waals surface area contributed by atoms with E-state index in [1.165, 1.54) is 25.0 Å². The number of carbonyl (C=O) groups is 3. The Morgan fingerprint density at radius 3 is 2.42 bits per heavy atom. The van der Waals surface area contributed by atoms with Crippen molar-refractivity contribution in [3.8, 4) is 0 Å². The highest BCUT2D eigenvalue weighted by atomic mass is 16.6. The molecular weight excluding hydrogens is 552 g/mol. The first-order valence-electron chi connectivity index (χ1n) is 15.4. The van der Waals surface area contributed by atoms with Gasteiger partial charge in [-0.05, 0) is 44.4 Å². The predicted molar refractivity (Wildman–Crippen MR) is 155 cm³/mol. The minimum Gasteiger partial charge on any atom is -0.472 e. The third-order valence-corrected chi connectivity index (χ3v) is 11.8. The normalized spacial score (nSPS) is 43.1. The van der Waals surface area contributed by atoms with Gasteiger partial charge in [0.15, 0.2) is 0 Å². The summed E-state index contributed by atoms with van der Waals surface area (Å²) in [6, 6.07) is 2.00. The maximum atomic E-state index is 13.4. The summed E-state index contributed by atoms with van der Waals surface area (Å²) in [6.07, 6.45) is 4.38. The molecule has 43 heavy (non-hydrogen) atoms. The lowest BCUT2D eigenvalue weighted by Crippen LogP contribution is -2.71. The van der Waals surface area contributed by atoms with Gasteiger partial charge < -0.3 is 28.1 Å². The summed E-state index contributed by atoms with van der Waals surface area (Å²) in [7, 11) is 0. The van der Waals surface area contributed by atoms with Crippen molar-refractivity contribution in [3.05, 3.63) is 47.0 Å². The monoisotopic (exact) mass is 596 g/mol. The number of fused-ring (bicyclic) bond motifs is 4. The van der Waals surface area contributed by atoms with E-state index in [4.69, 9.17) is 28.1 Å². The second kappa shape index (κ2) is 10.3. The van der Waals surface area contributed by atoms with Crippen LogP contribution >= 0.6 is 0 Å². The fraction of sp³-hybridized carbons (Fsp3) is 0.676. The van der Waals surface area contributed by atoms with E-state index in [1.807, 2.05) is 6.07 Å². The molecule has 0 amide bonds. The summed E-state index contributed by atoms with van der Waals surface area (Å²) in [5.41, 5.74) is 2.20. The van der Waals surface area contributed by atoms with Crippen molar-refractivity contribution in [2.75, 3.05) is 13.2 Å². The van der Waals surface area contributed by atoms with Crippen molar-refractivity contribution in [2.24, 2.45) is 28.1 Å². The van der Waals surface area contributed by atoms with Crippen LogP contribution in [0.25, 0.3) is 0 Å². The zero-order chi connectivity index (χ0) is 31.1. The van der Waals surface area contributed by atoms with E-state index in [2.05, 4.69) is 27.7 Å². The number of esters is 3. The topological polar surface area (TPSA) is 110 Å². The molecule has 3 aliphatic carbocycles. The van der Waals surface area contributed by atoms with E-state index >= 15 is 0 Å². The lowest BCUT2D eigenvalue weighted by molar-refractivity contribution is -0.256. The molecule has 2 saturated carbocycles. The van der Waals surface area contributed by atoms with Gasteiger partial charge in [-0.1, -0.05) is 32.4 Å². The molecule has 6 rings (SSSR count). The highest BCUT2D eigenvalue weighted by Gasteiger charge is 2.78. The largest absolute Gasteiger partial charge is 0.472 e. The number of carbonyl (C=O) groups excluding carboxylic acids is 3. The van der Waals surface area contributed by atoms with Gasteiger partial charge in [0.1, 0.15) is 12.2 Å². The molecule has 9 heteroatoms. The second-order valence-corrected chi connectivity index (χ2v) is 13.9. The quantitative estimate of drug-likeness (QED) is 0.187. The molecule has 4 fully saturated rings. The zero-order valence-electron chi connectivity index (χ0n) is 26.4. The average molecular weight is 597 g/mol. The van der Waals surface area contributed by atoms with E-state index in [0.29, 0.717) is 18.6 Å². The van der Waals surface area contributed by atoms with E-state index in [-0.39, 0.29) is 54.6 Å². The number of furan rings is 1. The fourth-order valence-corrected chi connectivity index (χ4v) is 9.89. The molecule has 5 aliphatic rings. The molecule has 1 aromatic rings. The number of allylic oxidation sites excluding steroid dienone is 2. The van der Waals surface area contributed by atoms with Crippen LogP contribution in [-0.4, -0.2) is 61.6 Å². The second-order valence-electron chi connectivity index (χ2n) is 13.9. The minimum atomic E-state index is -0.712. The molecule has 0 aromatic carbocycles. The maximum Gasteiger partial charge on any atom is 0.333 e. The molecule has 0 bridgehead atoms. The van der Waals surface area contributed by atoms with Crippen LogP contribution in [0.3, 0.4) is 0 Å². The van der Waals surface area contributed by atoms with Gasteiger partial charge in [-0.2, -0.15) is 0 Å². The Kier molecular flexibility index (Phi) is 7.24. The van der Waals surface area contributed by atoms with Crippen molar-refractivity contribution >= 4 is 17.9 Å². The Balaban J connectivity index is 1.54. The van der Waals surface area contributed by atoms with Crippen molar-refractivity contribution < 1.29 is 42.5 Å². The maximum absolute atomic E-state index is 13.4. The van der Waals surface area contributed by atoms with Gasteiger partial charge in [-0.3, -0.25) is 9.59 Å². The van der Waals surface area contributed by atoms with Gasteiger partial charge in [-0.15, -0.1) is 0 Å². The number of rotatable bonds is 6. The van der Waals surface area contributed by atoms with Gasteiger partial charge in [0.25, 0.3) is 0 Å². The van der Waals surface area contributed by atoms with Gasteiger partial charge in [-0.25, -0.2) is 4.79 Å². The van der Waals surface area contributed by atoms with Crippen LogP contribution in [-0.2, 0) is 38.1 Å². The highest BCUT2D eigenvalue weighted by Crippen LogP contribution is 2.73. The van der Waals surface area contributed by atoms with Crippen LogP contribution in [0, 0.1) is 28.1 Å². The molecule has 1 aromatic heterocycles. The van der Waals surface area contributed by atoms with Crippen LogP contribution in [0.2, 0.25) is 0 Å². The van der Waals surface area contributed by atoms with Gasteiger partial charge in [0, 0.05) is 59.8 Å². The molecule has 3 heterocycles. The van der Waals surface area contributed by atoms with Crippen molar-refractivity contribution in [3.63, 3.8) is 0 Å². The third kappa shape index (κ3) is 4.20. The average Bonchev–Trinajstić information content (AvgIpc) is 3.71. The van der Waals surface area contributed by atoms with Crippen LogP contribution in [0.1, 0.15) is 79.7 Å². The lowest BCUT2D eigenvalue weighted by atomic mass is 9.40. The van der Waals surface area contributed by atoms with E-state index in [0.717, 1.165) is 12.0 Å². The van der Waals surface area contributed by atoms with Crippen molar-refractivity contribution in [1.82, 2.24) is 0 Å². The Hall–Kier alpha value is -2.91. The summed E-state index contributed by atoms with van der Waals surface area (Å²) >= 11 is 0. The third-order valence-electron chi connectivity index (χ3n) is 11.8. The predicted octanol–water partition coefficient (Wildman–Crippen LogP) is 5.29. The highest BCUT2D eigenvalue weighted by molar-refractivity contribution is 5.87. The van der Waals surface area contributed by atoms with Crippen molar-refractivity contribution in [2.45, 2.75) is 105 Å². The molecule has 0 radical (unpaired) electrons. The van der Waals surface area contributed by atoms with Crippen LogP contribution in [0.15, 0.2) is 45.8 Å². The molecule has 2 aliphatic heterocycles. The summed E-state index contributed by atoms with van der Waals surface area (Å²) in [6.45, 7) is 15.5. The first-order valence-corrected chi connectivity index (χ1v) is 15.4. The molecule has 0 spiro atoms. The molecular formula is C34H44O9. The number of hydrogen-bond donors (Lipinski definition) is 0. The first-order chi connectivity index (χ1) is 20.3. The van der Waals surface area contributed by atoms with Gasteiger partial charge in [0.05, 0.1) is 44.1 Å². The molecule has 11 atom stereocenters. The van der Waals surface area contributed by atoms with E-state index < -0.39 is 34.4 Å². The SMILES string of the molecule is CC=C(C)C(=O)OC1CC(OC(C)=O)C2(C)COC3C4OC5CC(c6ccoc6)C(C)=C5C4(C)C(COC(C)=O)C1(C)C32. The number of hydrogen-bond acceptors (Lipinski definition) is 9. The van der Waals surface area contributed by atoms with Gasteiger partial charge >= 0.3 is 17.9 Å². The summed E-state index contributed by atoms with van der Waals surface area (Å²) in [4.78, 5) is 38.1. The van der Waals surface area contributed by atoms with Crippen LogP contribution in [0.5, 0.6) is 0 Å². The Labute approximate surface area is 253 Å². The molecule has 2 saturated heterocycles. The summed E-state index contributed by atoms with van der Waals surface area (Å²) in [5, 5.41) is 0. The molecule has 234 valence electrons. The van der Waals surface area contributed by atoms with Crippen molar-refractivity contribution in [1.29, 1.82) is 0 Å². The van der Waals surface area contributed by atoms with Crippen LogP contribution < -0.4 is 0 Å². The van der Waals surface area contributed by atoms with Gasteiger partial charge in [0.2, 0.25) is 0 Å². The van der Waals surface area contributed by atoms with Crippen LogP contribution in [0.4, 0.5) is 0 Å². The molecule has 9 nitrogen and oxygen atoms in total.